The summed E-state index contributed by atoms with van der Waals surface area (Å²) in [6, 6.07) is -0.342. The predicted octanol–water partition coefficient (Wildman–Crippen LogP) is 0.197. The largest absolute Gasteiger partial charge is 0.393 e. The molecule has 1 aliphatic carbocycles. The first kappa shape index (κ1) is 14.3. The summed E-state index contributed by atoms with van der Waals surface area (Å²) in [7, 11) is 0. The molecule has 1 heterocycles. The number of carbonyl (C=O) groups excluding carboxylic acids is 2. The van der Waals surface area contributed by atoms with E-state index >= 15 is 0 Å². The van der Waals surface area contributed by atoms with Gasteiger partial charge in [0.2, 0.25) is 0 Å². The highest BCUT2D eigenvalue weighted by Gasteiger charge is 2.55. The lowest BCUT2D eigenvalue weighted by molar-refractivity contribution is -0.134. The van der Waals surface area contributed by atoms with Crippen LogP contribution in [0.15, 0.2) is 0 Å². The minimum atomic E-state index is -0.789. The van der Waals surface area contributed by atoms with Crippen LogP contribution in [-0.2, 0) is 4.79 Å². The molecule has 0 radical (unpaired) electrons. The number of imide groups is 1. The van der Waals surface area contributed by atoms with Gasteiger partial charge in [-0.05, 0) is 32.7 Å². The number of hydrogen-bond acceptors (Lipinski definition) is 4. The standard InChI is InChI=1S/C13H23N3O3/c1-9(17)5-7-16-11(18)13(15-12(16)19)6-3-2-4-10(13)8-14/h9-10,17H,2-8,14H2,1H3,(H,15,19). The summed E-state index contributed by atoms with van der Waals surface area (Å²) in [5, 5.41) is 12.2. The Morgan fingerprint density at radius 1 is 1.53 bits per heavy atom. The Hall–Kier alpha value is -1.14. The van der Waals surface area contributed by atoms with E-state index in [0.717, 1.165) is 19.3 Å². The summed E-state index contributed by atoms with van der Waals surface area (Å²) >= 11 is 0. The molecule has 2 aliphatic rings. The molecule has 1 saturated heterocycles. The normalized spacial score (nSPS) is 32.8. The number of nitrogens with two attached hydrogens (primary N) is 1. The highest BCUT2D eigenvalue weighted by Crippen LogP contribution is 2.38. The van der Waals surface area contributed by atoms with E-state index in [-0.39, 0.29) is 24.4 Å². The third-order valence-electron chi connectivity index (χ3n) is 4.33. The van der Waals surface area contributed by atoms with Crippen LogP contribution >= 0.6 is 0 Å². The highest BCUT2D eigenvalue weighted by atomic mass is 16.3. The molecule has 3 unspecified atom stereocenters. The number of carbonyl (C=O) groups is 2. The Balaban J connectivity index is 2.15. The minimum Gasteiger partial charge on any atom is -0.393 e. The zero-order valence-corrected chi connectivity index (χ0v) is 11.4. The molecule has 0 aromatic carbocycles. The van der Waals surface area contributed by atoms with Crippen LogP contribution in [0.5, 0.6) is 0 Å². The molecular weight excluding hydrogens is 246 g/mol. The molecule has 0 aromatic rings. The molecule has 1 saturated carbocycles. The van der Waals surface area contributed by atoms with Crippen molar-refractivity contribution < 1.29 is 14.7 Å². The predicted molar refractivity (Wildman–Crippen MR) is 70.3 cm³/mol. The maximum absolute atomic E-state index is 12.6. The van der Waals surface area contributed by atoms with Crippen molar-refractivity contribution in [3.05, 3.63) is 0 Å². The number of nitrogens with zero attached hydrogens (tertiary/aromatic N) is 1. The SMILES string of the molecule is CC(O)CCN1C(=O)NC2(CCCCC2CN)C1=O. The lowest BCUT2D eigenvalue weighted by atomic mass is 9.72. The average Bonchev–Trinajstić information content (AvgIpc) is 2.60. The van der Waals surface area contributed by atoms with Gasteiger partial charge in [0.25, 0.3) is 5.91 Å². The van der Waals surface area contributed by atoms with Gasteiger partial charge in [-0.1, -0.05) is 12.8 Å². The molecule has 1 aliphatic heterocycles. The summed E-state index contributed by atoms with van der Waals surface area (Å²) in [5.74, 6) is -0.137. The van der Waals surface area contributed by atoms with E-state index in [2.05, 4.69) is 5.32 Å². The van der Waals surface area contributed by atoms with E-state index in [1.807, 2.05) is 0 Å². The molecule has 0 bridgehead atoms. The average molecular weight is 269 g/mol. The van der Waals surface area contributed by atoms with Crippen LogP contribution in [0.3, 0.4) is 0 Å². The topological polar surface area (TPSA) is 95.7 Å². The van der Waals surface area contributed by atoms with Crippen LogP contribution in [0.1, 0.15) is 39.0 Å². The van der Waals surface area contributed by atoms with E-state index in [0.29, 0.717) is 19.4 Å². The molecule has 3 atom stereocenters. The first-order valence-electron chi connectivity index (χ1n) is 7.03. The lowest BCUT2D eigenvalue weighted by Gasteiger charge is -2.38. The van der Waals surface area contributed by atoms with Gasteiger partial charge >= 0.3 is 6.03 Å². The number of aliphatic hydroxyl groups excluding tert-OH is 1. The van der Waals surface area contributed by atoms with Crippen molar-refractivity contribution in [3.8, 4) is 0 Å². The van der Waals surface area contributed by atoms with Crippen molar-refractivity contribution in [2.75, 3.05) is 13.1 Å². The molecule has 2 fully saturated rings. The summed E-state index contributed by atoms with van der Waals surface area (Å²) in [6.45, 7) is 2.33. The summed E-state index contributed by atoms with van der Waals surface area (Å²) in [5.41, 5.74) is 4.98. The van der Waals surface area contributed by atoms with Crippen LogP contribution in [0, 0.1) is 5.92 Å². The third kappa shape index (κ3) is 2.47. The Morgan fingerprint density at radius 3 is 2.89 bits per heavy atom. The number of aliphatic hydroxyl groups is 1. The Labute approximate surface area is 113 Å². The molecule has 4 N–H and O–H groups in total. The van der Waals surface area contributed by atoms with Crippen LogP contribution in [0.25, 0.3) is 0 Å². The van der Waals surface area contributed by atoms with Gasteiger partial charge < -0.3 is 16.2 Å². The monoisotopic (exact) mass is 269 g/mol. The molecule has 6 nitrogen and oxygen atoms in total. The van der Waals surface area contributed by atoms with Gasteiger partial charge in [-0.2, -0.15) is 0 Å². The van der Waals surface area contributed by atoms with Crippen molar-refractivity contribution in [3.63, 3.8) is 0 Å². The first-order chi connectivity index (χ1) is 9.01. The summed E-state index contributed by atoms with van der Waals surface area (Å²) < 4.78 is 0. The number of rotatable bonds is 4. The first-order valence-corrected chi connectivity index (χ1v) is 7.03. The van der Waals surface area contributed by atoms with E-state index in [1.54, 1.807) is 6.92 Å². The van der Waals surface area contributed by atoms with Gasteiger partial charge in [0.1, 0.15) is 5.54 Å². The van der Waals surface area contributed by atoms with Crippen molar-refractivity contribution in [2.24, 2.45) is 11.7 Å². The molecule has 19 heavy (non-hydrogen) atoms. The molecule has 3 amide bonds. The van der Waals surface area contributed by atoms with Gasteiger partial charge in [0.15, 0.2) is 0 Å². The van der Waals surface area contributed by atoms with E-state index in [1.165, 1.54) is 4.90 Å². The molecule has 108 valence electrons. The second-order valence-electron chi connectivity index (χ2n) is 5.67. The fraction of sp³-hybridized carbons (Fsp3) is 0.846. The Bertz CT molecular complexity index is 372. The second kappa shape index (κ2) is 5.46. The lowest BCUT2D eigenvalue weighted by Crippen LogP contribution is -2.57. The maximum atomic E-state index is 12.6. The number of amides is 3. The van der Waals surface area contributed by atoms with Gasteiger partial charge in [0, 0.05) is 12.5 Å². The van der Waals surface area contributed by atoms with E-state index in [9.17, 15) is 14.7 Å². The zero-order valence-electron chi connectivity index (χ0n) is 11.4. The fourth-order valence-electron chi connectivity index (χ4n) is 3.17. The van der Waals surface area contributed by atoms with Crippen molar-refractivity contribution in [1.82, 2.24) is 10.2 Å². The van der Waals surface area contributed by atoms with Crippen molar-refractivity contribution in [1.29, 1.82) is 0 Å². The van der Waals surface area contributed by atoms with Crippen molar-refractivity contribution in [2.45, 2.75) is 50.7 Å². The fourth-order valence-corrected chi connectivity index (χ4v) is 3.17. The third-order valence-corrected chi connectivity index (χ3v) is 4.33. The van der Waals surface area contributed by atoms with Gasteiger partial charge in [0.05, 0.1) is 6.10 Å². The Kier molecular flexibility index (Phi) is 4.10. The number of urea groups is 1. The highest BCUT2D eigenvalue weighted by molar-refractivity contribution is 6.07. The zero-order chi connectivity index (χ0) is 14.0. The smallest absolute Gasteiger partial charge is 0.325 e. The number of hydrogen-bond donors (Lipinski definition) is 3. The van der Waals surface area contributed by atoms with Crippen LogP contribution in [-0.4, -0.2) is 46.7 Å². The summed E-state index contributed by atoms with van der Waals surface area (Å²) in [6.07, 6.45) is 3.43. The van der Waals surface area contributed by atoms with Gasteiger partial charge in [-0.15, -0.1) is 0 Å². The molecule has 6 heteroatoms. The van der Waals surface area contributed by atoms with Crippen molar-refractivity contribution >= 4 is 11.9 Å². The maximum Gasteiger partial charge on any atom is 0.325 e. The van der Waals surface area contributed by atoms with Crippen LogP contribution in [0.4, 0.5) is 4.79 Å². The second-order valence-corrected chi connectivity index (χ2v) is 5.67. The summed E-state index contributed by atoms with van der Waals surface area (Å²) in [4.78, 5) is 25.8. The quantitative estimate of drug-likeness (QED) is 0.635. The molecule has 2 rings (SSSR count). The number of nitrogens with one attached hydrogen (secondary N) is 1. The Morgan fingerprint density at radius 2 is 2.26 bits per heavy atom. The van der Waals surface area contributed by atoms with E-state index < -0.39 is 11.6 Å². The van der Waals surface area contributed by atoms with Crippen LogP contribution < -0.4 is 11.1 Å². The minimum absolute atomic E-state index is 0.0225. The van der Waals surface area contributed by atoms with Gasteiger partial charge in [-0.25, -0.2) is 4.79 Å². The van der Waals surface area contributed by atoms with E-state index in [4.69, 9.17) is 5.73 Å². The molecule has 1 spiro atoms. The van der Waals surface area contributed by atoms with Crippen LogP contribution in [0.2, 0.25) is 0 Å². The van der Waals surface area contributed by atoms with Gasteiger partial charge in [-0.3, -0.25) is 9.69 Å². The molecule has 0 aromatic heterocycles. The molecular formula is C13H23N3O3.